The van der Waals surface area contributed by atoms with Gasteiger partial charge in [-0.05, 0) is 104 Å². The van der Waals surface area contributed by atoms with E-state index in [0.717, 1.165) is 45.0 Å². The maximum Gasteiger partial charge on any atom is 0.0755 e. The van der Waals surface area contributed by atoms with Crippen molar-refractivity contribution in [1.82, 2.24) is 0 Å². The number of anilines is 6. The van der Waals surface area contributed by atoms with Crippen LogP contribution in [0.1, 0.15) is 22.3 Å². The van der Waals surface area contributed by atoms with Gasteiger partial charge in [-0.15, -0.1) is 0 Å². The Morgan fingerprint density at radius 3 is 1.30 bits per heavy atom. The highest BCUT2D eigenvalue weighted by molar-refractivity contribution is 6.00. The molecule has 0 unspecified atom stereocenters. The third-order valence-electron chi connectivity index (χ3n) is 13.1. The average molecular weight is 803 g/mol. The van der Waals surface area contributed by atoms with Gasteiger partial charge in [-0.3, -0.25) is 0 Å². The van der Waals surface area contributed by atoms with Crippen LogP contribution in [0.2, 0.25) is 0 Å². The molecule has 0 N–H and O–H groups in total. The number of hydrogen-bond donors (Lipinski definition) is 0. The van der Waals surface area contributed by atoms with Gasteiger partial charge in [0.1, 0.15) is 0 Å². The predicted molar refractivity (Wildman–Crippen MR) is 263 cm³/mol. The van der Waals surface area contributed by atoms with Crippen molar-refractivity contribution in [2.24, 2.45) is 0 Å². The third kappa shape index (κ3) is 5.80. The Balaban J connectivity index is 1.16. The summed E-state index contributed by atoms with van der Waals surface area (Å²) in [5, 5.41) is 0. The Hall–Kier alpha value is -8.20. The van der Waals surface area contributed by atoms with E-state index in [1.807, 2.05) is 0 Å². The van der Waals surface area contributed by atoms with Crippen molar-refractivity contribution in [3.63, 3.8) is 0 Å². The van der Waals surface area contributed by atoms with Crippen LogP contribution in [-0.2, 0) is 5.41 Å². The topological polar surface area (TPSA) is 6.48 Å². The maximum atomic E-state index is 2.51. The molecule has 1 aliphatic carbocycles. The molecule has 296 valence electrons. The summed E-state index contributed by atoms with van der Waals surface area (Å²) in [7, 11) is 0. The summed E-state index contributed by atoms with van der Waals surface area (Å²) < 4.78 is 0. The predicted octanol–water partition coefficient (Wildman–Crippen LogP) is 16.3. The van der Waals surface area contributed by atoms with Gasteiger partial charge in [-0.1, -0.05) is 206 Å². The summed E-state index contributed by atoms with van der Waals surface area (Å²) in [6, 6.07) is 93.4. The number of nitrogens with zero attached hydrogens (tertiary/aromatic N) is 2. The monoisotopic (exact) mass is 802 g/mol. The molecule has 0 saturated carbocycles. The first-order valence-corrected chi connectivity index (χ1v) is 21.8. The minimum atomic E-state index is -0.593. The Bertz CT molecular complexity index is 3160. The van der Waals surface area contributed by atoms with Crippen LogP contribution in [0.15, 0.2) is 255 Å². The van der Waals surface area contributed by atoms with Crippen molar-refractivity contribution in [2.75, 3.05) is 9.80 Å². The van der Waals surface area contributed by atoms with Gasteiger partial charge < -0.3 is 9.80 Å². The number of rotatable bonds is 7. The number of benzene rings is 10. The second-order valence-electron chi connectivity index (χ2n) is 16.4. The lowest BCUT2D eigenvalue weighted by atomic mass is 9.64. The van der Waals surface area contributed by atoms with E-state index in [2.05, 4.69) is 265 Å². The fraction of sp³-hybridized carbons (Fsp3) is 0.0164. The fourth-order valence-corrected chi connectivity index (χ4v) is 10.4. The van der Waals surface area contributed by atoms with E-state index in [0.29, 0.717) is 0 Å². The Morgan fingerprint density at radius 2 is 0.714 bits per heavy atom. The summed E-state index contributed by atoms with van der Waals surface area (Å²) in [6.45, 7) is 0. The molecule has 1 spiro atoms. The molecule has 10 aromatic carbocycles. The minimum Gasteiger partial charge on any atom is -0.310 e. The molecule has 10 aromatic rings. The van der Waals surface area contributed by atoms with Crippen molar-refractivity contribution >= 4 is 34.1 Å². The standard InChI is InChI=1S/C61H42N2/c1-5-20-43(21-6-1)44-36-38-48(39-37-44)62(60-50(45-22-7-2-8-23-45)29-19-30-51(60)46-24-9-3-10-25-46)49-40-41-53-52-28-13-14-31-54(52)61(57(53)42-49)55-32-15-17-34-58(55)63(47-26-11-4-12-27-47)59-35-18-16-33-56(59)61/h1-42H. The number of hydrogen-bond acceptors (Lipinski definition) is 2. The molecule has 0 saturated heterocycles. The molecule has 0 aromatic heterocycles. The van der Waals surface area contributed by atoms with Gasteiger partial charge in [-0.2, -0.15) is 0 Å². The highest BCUT2D eigenvalue weighted by atomic mass is 15.2. The number of fused-ring (bicyclic) bond motifs is 9. The summed E-state index contributed by atoms with van der Waals surface area (Å²) in [5.74, 6) is 0. The molecule has 2 heteroatoms. The molecule has 0 bridgehead atoms. The van der Waals surface area contributed by atoms with Gasteiger partial charge in [0, 0.05) is 28.2 Å². The van der Waals surface area contributed by atoms with Gasteiger partial charge in [0.15, 0.2) is 0 Å². The first kappa shape index (κ1) is 36.6. The zero-order chi connectivity index (χ0) is 41.7. The Morgan fingerprint density at radius 1 is 0.286 bits per heavy atom. The van der Waals surface area contributed by atoms with Crippen LogP contribution in [-0.4, -0.2) is 0 Å². The second kappa shape index (κ2) is 15.1. The molecule has 12 rings (SSSR count). The zero-order valence-electron chi connectivity index (χ0n) is 34.6. The Labute approximate surface area is 369 Å². The first-order chi connectivity index (χ1) is 31.3. The molecule has 0 atom stereocenters. The van der Waals surface area contributed by atoms with Crippen LogP contribution in [0.25, 0.3) is 44.5 Å². The average Bonchev–Trinajstić information content (AvgIpc) is 3.65. The molecule has 0 fully saturated rings. The first-order valence-electron chi connectivity index (χ1n) is 21.8. The van der Waals surface area contributed by atoms with E-state index >= 15 is 0 Å². The van der Waals surface area contributed by atoms with Gasteiger partial charge in [-0.25, -0.2) is 0 Å². The quantitative estimate of drug-likeness (QED) is 0.158. The third-order valence-corrected chi connectivity index (χ3v) is 13.1. The van der Waals surface area contributed by atoms with E-state index in [9.17, 15) is 0 Å². The normalized spacial score (nSPS) is 12.9. The maximum absolute atomic E-state index is 2.51. The molecule has 1 heterocycles. The van der Waals surface area contributed by atoms with Gasteiger partial charge in [0.05, 0.1) is 22.5 Å². The van der Waals surface area contributed by atoms with Crippen molar-refractivity contribution in [1.29, 1.82) is 0 Å². The van der Waals surface area contributed by atoms with Crippen LogP contribution in [0.3, 0.4) is 0 Å². The van der Waals surface area contributed by atoms with E-state index in [4.69, 9.17) is 0 Å². The van der Waals surface area contributed by atoms with Crippen molar-refractivity contribution in [2.45, 2.75) is 5.41 Å². The summed E-state index contributed by atoms with van der Waals surface area (Å²) in [6.07, 6.45) is 0. The van der Waals surface area contributed by atoms with Gasteiger partial charge >= 0.3 is 0 Å². The van der Waals surface area contributed by atoms with Crippen LogP contribution >= 0.6 is 0 Å². The van der Waals surface area contributed by atoms with Gasteiger partial charge in [0.25, 0.3) is 0 Å². The fourth-order valence-electron chi connectivity index (χ4n) is 10.4. The van der Waals surface area contributed by atoms with Crippen molar-refractivity contribution < 1.29 is 0 Å². The van der Waals surface area contributed by atoms with Crippen LogP contribution in [0, 0.1) is 0 Å². The summed E-state index contributed by atoms with van der Waals surface area (Å²) in [5.41, 5.74) is 20.9. The van der Waals surface area contributed by atoms with Crippen molar-refractivity contribution in [3.05, 3.63) is 277 Å². The van der Waals surface area contributed by atoms with E-state index in [-0.39, 0.29) is 0 Å². The zero-order valence-corrected chi connectivity index (χ0v) is 34.6. The van der Waals surface area contributed by atoms with Crippen LogP contribution < -0.4 is 9.80 Å². The molecule has 63 heavy (non-hydrogen) atoms. The highest BCUT2D eigenvalue weighted by Crippen LogP contribution is 2.64. The van der Waals surface area contributed by atoms with E-state index < -0.39 is 5.41 Å². The van der Waals surface area contributed by atoms with E-state index in [1.54, 1.807) is 0 Å². The lowest BCUT2D eigenvalue weighted by molar-refractivity contribution is 0.752. The van der Waals surface area contributed by atoms with Gasteiger partial charge in [0.2, 0.25) is 0 Å². The summed E-state index contributed by atoms with van der Waals surface area (Å²) >= 11 is 0. The molecule has 0 amide bonds. The van der Waals surface area contributed by atoms with Crippen LogP contribution in [0.5, 0.6) is 0 Å². The molecule has 1 aliphatic heterocycles. The highest BCUT2D eigenvalue weighted by Gasteiger charge is 2.51. The van der Waals surface area contributed by atoms with E-state index in [1.165, 1.54) is 55.9 Å². The molecule has 2 aliphatic rings. The number of para-hydroxylation sites is 4. The lowest BCUT2D eigenvalue weighted by Crippen LogP contribution is -2.36. The molecule has 2 nitrogen and oxygen atoms in total. The lowest BCUT2D eigenvalue weighted by Gasteiger charge is -2.45. The summed E-state index contributed by atoms with van der Waals surface area (Å²) in [4.78, 5) is 4.95. The smallest absolute Gasteiger partial charge is 0.0755 e. The Kier molecular flexibility index (Phi) is 8.76. The largest absolute Gasteiger partial charge is 0.310 e. The molecule has 0 radical (unpaired) electrons. The second-order valence-corrected chi connectivity index (χ2v) is 16.4. The van der Waals surface area contributed by atoms with Crippen LogP contribution in [0.4, 0.5) is 34.1 Å². The minimum absolute atomic E-state index is 0.593. The SMILES string of the molecule is c1ccc(-c2ccc(N(c3ccc4c(c3)C3(c5ccccc5-4)c4ccccc4N(c4ccccc4)c4ccccc43)c3c(-c4ccccc4)cccc3-c3ccccc3)cc2)cc1. The van der Waals surface area contributed by atoms with Crippen molar-refractivity contribution in [3.8, 4) is 44.5 Å². The molecular weight excluding hydrogens is 761 g/mol. The molecular formula is C61H42N2.